The van der Waals surface area contributed by atoms with Gasteiger partial charge in [-0.3, -0.25) is 0 Å². The Bertz CT molecular complexity index is 432. The van der Waals surface area contributed by atoms with E-state index in [1.807, 2.05) is 18.2 Å². The zero-order valence-corrected chi connectivity index (χ0v) is 10.1. The number of aldehydes is 2. The van der Waals surface area contributed by atoms with Crippen molar-refractivity contribution in [2.24, 2.45) is 5.92 Å². The maximum Gasteiger partial charge on any atom is 0.132 e. The van der Waals surface area contributed by atoms with Crippen molar-refractivity contribution in [3.63, 3.8) is 0 Å². The molecule has 0 spiro atoms. The van der Waals surface area contributed by atoms with Gasteiger partial charge in [0.15, 0.2) is 0 Å². The van der Waals surface area contributed by atoms with Crippen molar-refractivity contribution in [2.75, 3.05) is 0 Å². The molecule has 90 valence electrons. The molecule has 0 bridgehead atoms. The number of carbonyl (C=O) groups is 2. The molecule has 0 aromatic heterocycles. The first kappa shape index (κ1) is 12.0. The van der Waals surface area contributed by atoms with E-state index in [0.717, 1.165) is 24.6 Å². The Balaban J connectivity index is 2.45. The van der Waals surface area contributed by atoms with Gasteiger partial charge in [-0.25, -0.2) is 0 Å². The molecule has 0 saturated carbocycles. The molecule has 3 nitrogen and oxygen atoms in total. The van der Waals surface area contributed by atoms with E-state index in [9.17, 15) is 9.59 Å². The lowest BCUT2D eigenvalue weighted by molar-refractivity contribution is -0.120. The normalized spacial score (nSPS) is 21.9. The third-order valence-corrected chi connectivity index (χ3v) is 3.27. The van der Waals surface area contributed by atoms with Crippen molar-refractivity contribution >= 4 is 12.6 Å². The Morgan fingerprint density at radius 3 is 2.59 bits per heavy atom. The van der Waals surface area contributed by atoms with Gasteiger partial charge in [0.25, 0.3) is 0 Å². The second-order valence-corrected chi connectivity index (χ2v) is 5.23. The van der Waals surface area contributed by atoms with Crippen molar-refractivity contribution in [3.05, 3.63) is 35.4 Å². The van der Waals surface area contributed by atoms with E-state index in [-0.39, 0.29) is 11.6 Å². The topological polar surface area (TPSA) is 46.2 Å². The highest BCUT2D eigenvalue weighted by Gasteiger charge is 2.35. The van der Waals surface area contributed by atoms with Crippen LogP contribution in [-0.4, -0.2) is 18.1 Å². The van der Waals surface area contributed by atoms with Gasteiger partial charge in [-0.1, -0.05) is 24.3 Å². The molecule has 1 aromatic carbocycles. The van der Waals surface area contributed by atoms with Gasteiger partial charge in [0, 0.05) is 11.6 Å². The Labute approximate surface area is 101 Å². The number of benzene rings is 1. The van der Waals surface area contributed by atoms with Gasteiger partial charge < -0.3 is 14.9 Å². The molecule has 17 heavy (non-hydrogen) atoms. The minimum atomic E-state index is -0.615. The molecule has 3 heteroatoms. The molecule has 1 N–H and O–H groups in total. The number of rotatable bonds is 3. The number of fused-ring (bicyclic) bond motifs is 1. The fraction of sp³-hybridized carbons (Fsp3) is 0.429. The van der Waals surface area contributed by atoms with Crippen molar-refractivity contribution in [1.82, 2.24) is 5.32 Å². The second kappa shape index (κ2) is 4.41. The predicted molar refractivity (Wildman–Crippen MR) is 65.7 cm³/mol. The summed E-state index contributed by atoms with van der Waals surface area (Å²) in [7, 11) is 0. The van der Waals surface area contributed by atoms with Crippen LogP contribution in [0.25, 0.3) is 0 Å². The smallest absolute Gasteiger partial charge is 0.132 e. The molecule has 0 radical (unpaired) electrons. The van der Waals surface area contributed by atoms with Gasteiger partial charge in [0.1, 0.15) is 12.6 Å². The van der Waals surface area contributed by atoms with Crippen molar-refractivity contribution < 1.29 is 9.59 Å². The van der Waals surface area contributed by atoms with E-state index >= 15 is 0 Å². The first-order valence-corrected chi connectivity index (χ1v) is 5.83. The summed E-state index contributed by atoms with van der Waals surface area (Å²) in [4.78, 5) is 22.0. The Hall–Kier alpha value is -1.48. The molecule has 1 heterocycles. The molecule has 2 rings (SSSR count). The number of hydrogen-bond acceptors (Lipinski definition) is 3. The Morgan fingerprint density at radius 2 is 1.94 bits per heavy atom. The van der Waals surface area contributed by atoms with E-state index < -0.39 is 5.92 Å². The van der Waals surface area contributed by atoms with Gasteiger partial charge in [-0.2, -0.15) is 0 Å². The van der Waals surface area contributed by atoms with Crippen molar-refractivity contribution in [1.29, 1.82) is 0 Å². The zero-order chi connectivity index (χ0) is 12.5. The largest absolute Gasteiger partial charge is 0.304 e. The standard InChI is InChI=1S/C14H17NO2/c1-14(2)7-10-5-3-4-6-12(10)13(15-14)11(8-16)9-17/h3-6,8-9,11,13,15H,7H2,1-2H3. The summed E-state index contributed by atoms with van der Waals surface area (Å²) in [5.41, 5.74) is 2.19. The number of hydrogen-bond donors (Lipinski definition) is 1. The average Bonchev–Trinajstić information content (AvgIpc) is 2.29. The third kappa shape index (κ3) is 2.29. The number of nitrogens with one attached hydrogen (secondary N) is 1. The van der Waals surface area contributed by atoms with Crippen LogP contribution in [0.4, 0.5) is 0 Å². The highest BCUT2D eigenvalue weighted by atomic mass is 16.1. The molecular formula is C14H17NO2. The molecule has 1 atom stereocenters. The summed E-state index contributed by atoms with van der Waals surface area (Å²) in [6.07, 6.45) is 2.36. The van der Waals surface area contributed by atoms with Gasteiger partial charge in [0.2, 0.25) is 0 Å². The summed E-state index contributed by atoms with van der Waals surface area (Å²) >= 11 is 0. The third-order valence-electron chi connectivity index (χ3n) is 3.27. The zero-order valence-electron chi connectivity index (χ0n) is 10.1. The van der Waals surface area contributed by atoms with Crippen LogP contribution in [0.2, 0.25) is 0 Å². The SMILES string of the molecule is CC1(C)Cc2ccccc2C(C(C=O)C=O)N1. The highest BCUT2D eigenvalue weighted by Crippen LogP contribution is 2.33. The lowest BCUT2D eigenvalue weighted by Crippen LogP contribution is -2.50. The summed E-state index contributed by atoms with van der Waals surface area (Å²) in [6.45, 7) is 4.17. The maximum atomic E-state index is 11.0. The maximum absolute atomic E-state index is 11.0. The monoisotopic (exact) mass is 231 g/mol. The van der Waals surface area contributed by atoms with Gasteiger partial charge in [-0.05, 0) is 31.4 Å². The fourth-order valence-electron chi connectivity index (χ4n) is 2.52. The summed E-state index contributed by atoms with van der Waals surface area (Å²) in [6, 6.07) is 7.79. The molecular weight excluding hydrogens is 214 g/mol. The van der Waals surface area contributed by atoms with Crippen LogP contribution < -0.4 is 5.32 Å². The minimum Gasteiger partial charge on any atom is -0.304 e. The van der Waals surface area contributed by atoms with Crippen LogP contribution in [0.15, 0.2) is 24.3 Å². The van der Waals surface area contributed by atoms with E-state index in [1.54, 1.807) is 0 Å². The van der Waals surface area contributed by atoms with Crippen molar-refractivity contribution in [2.45, 2.75) is 31.8 Å². The second-order valence-electron chi connectivity index (χ2n) is 5.23. The predicted octanol–water partition coefficient (Wildman–Crippen LogP) is 1.67. The Kier molecular flexibility index (Phi) is 3.11. The molecule has 1 aromatic rings. The van der Waals surface area contributed by atoms with Crippen LogP contribution >= 0.6 is 0 Å². The van der Waals surface area contributed by atoms with Crippen LogP contribution in [-0.2, 0) is 16.0 Å². The van der Waals surface area contributed by atoms with E-state index in [0.29, 0.717) is 0 Å². The highest BCUT2D eigenvalue weighted by molar-refractivity contribution is 5.79. The average molecular weight is 231 g/mol. The van der Waals surface area contributed by atoms with Crippen LogP contribution in [0, 0.1) is 5.92 Å². The lowest BCUT2D eigenvalue weighted by Gasteiger charge is -2.39. The molecule has 0 saturated heterocycles. The summed E-state index contributed by atoms with van der Waals surface area (Å²) < 4.78 is 0. The van der Waals surface area contributed by atoms with E-state index in [1.165, 1.54) is 5.56 Å². The van der Waals surface area contributed by atoms with Gasteiger partial charge >= 0.3 is 0 Å². The Morgan fingerprint density at radius 1 is 1.29 bits per heavy atom. The summed E-state index contributed by atoms with van der Waals surface area (Å²) in [5.74, 6) is -0.615. The fourth-order valence-corrected chi connectivity index (χ4v) is 2.52. The quantitative estimate of drug-likeness (QED) is 0.635. The van der Waals surface area contributed by atoms with E-state index in [2.05, 4.69) is 25.2 Å². The number of carbonyl (C=O) groups excluding carboxylic acids is 2. The van der Waals surface area contributed by atoms with Gasteiger partial charge in [0.05, 0.1) is 5.92 Å². The van der Waals surface area contributed by atoms with Crippen LogP contribution in [0.5, 0.6) is 0 Å². The first-order chi connectivity index (χ1) is 8.07. The van der Waals surface area contributed by atoms with Gasteiger partial charge in [-0.15, -0.1) is 0 Å². The molecule has 0 aliphatic carbocycles. The molecule has 1 unspecified atom stereocenters. The minimum absolute atomic E-state index is 0.0940. The molecule has 0 fully saturated rings. The molecule has 1 aliphatic heterocycles. The molecule has 0 amide bonds. The van der Waals surface area contributed by atoms with E-state index in [4.69, 9.17) is 0 Å². The van der Waals surface area contributed by atoms with Crippen LogP contribution in [0.3, 0.4) is 0 Å². The first-order valence-electron chi connectivity index (χ1n) is 5.83. The van der Waals surface area contributed by atoms with Crippen LogP contribution in [0.1, 0.15) is 31.0 Å². The summed E-state index contributed by atoms with van der Waals surface area (Å²) in [5, 5.41) is 3.39. The molecule has 1 aliphatic rings. The lowest BCUT2D eigenvalue weighted by atomic mass is 9.80. The van der Waals surface area contributed by atoms with Crippen molar-refractivity contribution in [3.8, 4) is 0 Å².